The van der Waals surface area contributed by atoms with E-state index in [1.54, 1.807) is 6.08 Å². The van der Waals surface area contributed by atoms with E-state index in [-0.39, 0.29) is 11.7 Å². The van der Waals surface area contributed by atoms with Crippen LogP contribution in [0.5, 0.6) is 0 Å². The number of hydrogen-bond donors (Lipinski definition) is 0. The number of rotatable bonds is 3. The maximum absolute atomic E-state index is 11.8. The summed E-state index contributed by atoms with van der Waals surface area (Å²) in [6.07, 6.45) is 2.77. The molecule has 1 aliphatic rings. The standard InChI is InChI=1S/C11H20N2O/c1-9(12(2)3)7-11(14)10-5-6-13(4)8-10/h7,10H,5-6,8H2,1-4H3/b9-7+. The average Bonchev–Trinajstić information content (AvgIpc) is 2.51. The fourth-order valence-electron chi connectivity index (χ4n) is 1.62. The molecule has 1 saturated heterocycles. The molecule has 0 N–H and O–H groups in total. The fourth-order valence-corrected chi connectivity index (χ4v) is 1.62. The van der Waals surface area contributed by atoms with E-state index in [0.29, 0.717) is 0 Å². The molecule has 0 aliphatic carbocycles. The van der Waals surface area contributed by atoms with Crippen molar-refractivity contribution in [3.63, 3.8) is 0 Å². The van der Waals surface area contributed by atoms with E-state index < -0.39 is 0 Å². The second kappa shape index (κ2) is 4.60. The summed E-state index contributed by atoms with van der Waals surface area (Å²) in [7, 11) is 5.98. The molecule has 0 aromatic rings. The Kier molecular flexibility index (Phi) is 3.69. The number of allylic oxidation sites excluding steroid dienone is 2. The molecule has 1 fully saturated rings. The Balaban J connectivity index is 2.54. The minimum atomic E-state index is 0.217. The number of carbonyl (C=O) groups is 1. The average molecular weight is 196 g/mol. The highest BCUT2D eigenvalue weighted by atomic mass is 16.1. The van der Waals surface area contributed by atoms with E-state index in [1.165, 1.54) is 0 Å². The van der Waals surface area contributed by atoms with Gasteiger partial charge in [-0.25, -0.2) is 0 Å². The van der Waals surface area contributed by atoms with E-state index in [1.807, 2.05) is 25.9 Å². The van der Waals surface area contributed by atoms with Gasteiger partial charge in [0.25, 0.3) is 0 Å². The summed E-state index contributed by atoms with van der Waals surface area (Å²) >= 11 is 0. The molecule has 1 atom stereocenters. The summed E-state index contributed by atoms with van der Waals surface area (Å²) < 4.78 is 0. The van der Waals surface area contributed by atoms with Gasteiger partial charge in [-0.1, -0.05) is 0 Å². The van der Waals surface area contributed by atoms with Gasteiger partial charge < -0.3 is 9.80 Å². The smallest absolute Gasteiger partial charge is 0.161 e. The molecule has 1 rings (SSSR count). The Bertz CT molecular complexity index is 246. The SMILES string of the molecule is C/C(=C\C(=O)C1CCN(C)C1)N(C)C. The molecule has 0 amide bonds. The van der Waals surface area contributed by atoms with Gasteiger partial charge in [-0.2, -0.15) is 0 Å². The van der Waals surface area contributed by atoms with Gasteiger partial charge in [0.1, 0.15) is 0 Å². The van der Waals surface area contributed by atoms with Crippen LogP contribution >= 0.6 is 0 Å². The summed E-state index contributed by atoms with van der Waals surface area (Å²) in [5.74, 6) is 0.496. The Labute approximate surface area is 86.4 Å². The Hall–Kier alpha value is -0.830. The van der Waals surface area contributed by atoms with Crippen LogP contribution in [0.25, 0.3) is 0 Å². The first-order chi connectivity index (χ1) is 6.50. The molecule has 1 aliphatic heterocycles. The first kappa shape index (κ1) is 11.2. The molecule has 1 unspecified atom stereocenters. The maximum Gasteiger partial charge on any atom is 0.161 e. The van der Waals surface area contributed by atoms with Gasteiger partial charge in [0, 0.05) is 38.3 Å². The van der Waals surface area contributed by atoms with Crippen LogP contribution in [0.1, 0.15) is 13.3 Å². The van der Waals surface area contributed by atoms with Crippen LogP contribution in [-0.4, -0.2) is 49.8 Å². The number of carbonyl (C=O) groups excluding carboxylic acids is 1. The highest BCUT2D eigenvalue weighted by Crippen LogP contribution is 2.16. The van der Waals surface area contributed by atoms with Crippen molar-refractivity contribution < 1.29 is 4.79 Å². The zero-order chi connectivity index (χ0) is 10.7. The molecular weight excluding hydrogens is 176 g/mol. The molecule has 0 aromatic carbocycles. The molecule has 0 aromatic heterocycles. The summed E-state index contributed by atoms with van der Waals surface area (Å²) in [6, 6.07) is 0. The largest absolute Gasteiger partial charge is 0.381 e. The van der Waals surface area contributed by atoms with Crippen molar-refractivity contribution in [2.24, 2.45) is 5.92 Å². The van der Waals surface area contributed by atoms with Gasteiger partial charge in [-0.05, 0) is 26.9 Å². The maximum atomic E-state index is 11.8. The van der Waals surface area contributed by atoms with Gasteiger partial charge in [0.2, 0.25) is 0 Å². The lowest BCUT2D eigenvalue weighted by atomic mass is 10.0. The first-order valence-electron chi connectivity index (χ1n) is 5.08. The van der Waals surface area contributed by atoms with E-state index in [0.717, 1.165) is 25.2 Å². The molecule has 0 radical (unpaired) electrons. The molecule has 0 bridgehead atoms. The molecule has 3 heteroatoms. The predicted octanol–water partition coefficient (Wildman–Crippen LogP) is 0.973. The third-order valence-corrected chi connectivity index (χ3v) is 2.85. The predicted molar refractivity (Wildman–Crippen MR) is 58.1 cm³/mol. The highest BCUT2D eigenvalue weighted by molar-refractivity contribution is 5.92. The summed E-state index contributed by atoms with van der Waals surface area (Å²) in [6.45, 7) is 3.93. The van der Waals surface area contributed by atoms with Gasteiger partial charge in [0.05, 0.1) is 0 Å². The van der Waals surface area contributed by atoms with Crippen molar-refractivity contribution in [3.05, 3.63) is 11.8 Å². The molecule has 14 heavy (non-hydrogen) atoms. The van der Waals surface area contributed by atoms with Crippen LogP contribution in [-0.2, 0) is 4.79 Å². The zero-order valence-electron chi connectivity index (χ0n) is 9.58. The molecule has 1 heterocycles. The topological polar surface area (TPSA) is 23.6 Å². The van der Waals surface area contributed by atoms with E-state index in [2.05, 4.69) is 11.9 Å². The van der Waals surface area contributed by atoms with Crippen molar-refractivity contribution in [1.29, 1.82) is 0 Å². The minimum Gasteiger partial charge on any atom is -0.381 e. The number of ketones is 1. The summed E-state index contributed by atoms with van der Waals surface area (Å²) in [5.41, 5.74) is 1.03. The Morgan fingerprint density at radius 1 is 1.50 bits per heavy atom. The van der Waals surface area contributed by atoms with Gasteiger partial charge >= 0.3 is 0 Å². The van der Waals surface area contributed by atoms with Gasteiger partial charge in [0.15, 0.2) is 5.78 Å². The normalized spacial score (nSPS) is 24.0. The Morgan fingerprint density at radius 3 is 2.57 bits per heavy atom. The summed E-state index contributed by atoms with van der Waals surface area (Å²) in [5, 5.41) is 0. The van der Waals surface area contributed by atoms with Crippen molar-refractivity contribution >= 4 is 5.78 Å². The second-order valence-corrected chi connectivity index (χ2v) is 4.33. The van der Waals surface area contributed by atoms with Crippen LogP contribution < -0.4 is 0 Å². The van der Waals surface area contributed by atoms with Crippen LogP contribution in [0.4, 0.5) is 0 Å². The van der Waals surface area contributed by atoms with E-state index in [4.69, 9.17) is 0 Å². The lowest BCUT2D eigenvalue weighted by Crippen LogP contribution is -2.19. The number of likely N-dealkylation sites (tertiary alicyclic amines) is 1. The van der Waals surface area contributed by atoms with Crippen LogP contribution in [0, 0.1) is 5.92 Å². The molecule has 0 saturated carbocycles. The van der Waals surface area contributed by atoms with Crippen LogP contribution in [0.15, 0.2) is 11.8 Å². The number of nitrogens with zero attached hydrogens (tertiary/aromatic N) is 2. The third kappa shape index (κ3) is 2.84. The molecule has 3 nitrogen and oxygen atoms in total. The van der Waals surface area contributed by atoms with Gasteiger partial charge in [-0.3, -0.25) is 4.79 Å². The third-order valence-electron chi connectivity index (χ3n) is 2.85. The molecule has 80 valence electrons. The van der Waals surface area contributed by atoms with Crippen LogP contribution in [0.3, 0.4) is 0 Å². The summed E-state index contributed by atoms with van der Waals surface area (Å²) in [4.78, 5) is 16.0. The second-order valence-electron chi connectivity index (χ2n) is 4.33. The van der Waals surface area contributed by atoms with Gasteiger partial charge in [-0.15, -0.1) is 0 Å². The van der Waals surface area contributed by atoms with Crippen molar-refractivity contribution in [2.75, 3.05) is 34.2 Å². The van der Waals surface area contributed by atoms with Crippen molar-refractivity contribution in [3.8, 4) is 0 Å². The van der Waals surface area contributed by atoms with E-state index >= 15 is 0 Å². The minimum absolute atomic E-state index is 0.217. The first-order valence-corrected chi connectivity index (χ1v) is 5.08. The van der Waals surface area contributed by atoms with Crippen molar-refractivity contribution in [2.45, 2.75) is 13.3 Å². The monoisotopic (exact) mass is 196 g/mol. The van der Waals surface area contributed by atoms with Crippen LogP contribution in [0.2, 0.25) is 0 Å². The zero-order valence-corrected chi connectivity index (χ0v) is 9.58. The lowest BCUT2D eigenvalue weighted by molar-refractivity contribution is -0.117. The highest BCUT2D eigenvalue weighted by Gasteiger charge is 2.24. The lowest BCUT2D eigenvalue weighted by Gasteiger charge is -2.13. The molecular formula is C11H20N2O. The van der Waals surface area contributed by atoms with E-state index in [9.17, 15) is 4.79 Å². The van der Waals surface area contributed by atoms with Crippen molar-refractivity contribution in [1.82, 2.24) is 9.80 Å². The molecule has 0 spiro atoms. The fraction of sp³-hybridized carbons (Fsp3) is 0.727. The number of hydrogen-bond acceptors (Lipinski definition) is 3. The quantitative estimate of drug-likeness (QED) is 0.628. The Morgan fingerprint density at radius 2 is 2.14 bits per heavy atom.